The Kier molecular flexibility index (Phi) is 11.4. The summed E-state index contributed by atoms with van der Waals surface area (Å²) in [6.45, 7) is 35.5. The summed E-state index contributed by atoms with van der Waals surface area (Å²) in [5.41, 5.74) is 27.1. The van der Waals surface area contributed by atoms with Crippen molar-refractivity contribution in [2.75, 3.05) is 14.6 Å². The van der Waals surface area contributed by atoms with E-state index in [1.165, 1.54) is 72.4 Å². The second-order valence-corrected chi connectivity index (χ2v) is 30.4. The van der Waals surface area contributed by atoms with Gasteiger partial charge in [0.2, 0.25) is 0 Å². The first kappa shape index (κ1) is 53.7. The van der Waals surface area contributed by atoms with Gasteiger partial charge in [0.25, 0.3) is 0 Å². The van der Waals surface area contributed by atoms with Crippen molar-refractivity contribution in [3.05, 3.63) is 203 Å². The summed E-state index contributed by atoms with van der Waals surface area (Å²) in [4.78, 5) is 7.82. The molecule has 2 aliphatic carbocycles. The molecule has 0 bridgehead atoms. The average Bonchev–Trinajstić information content (AvgIpc) is 1.65. The second-order valence-electron chi connectivity index (χ2n) is 30.4. The van der Waals surface area contributed by atoms with Crippen LogP contribution in [0.25, 0.3) is 55.0 Å². The molecule has 2 aliphatic heterocycles. The molecule has 2 aromatic heterocycles. The molecule has 0 radical (unpaired) electrons. The van der Waals surface area contributed by atoms with E-state index < -0.39 is 0 Å². The molecule has 5 nitrogen and oxygen atoms in total. The standard InChI is InChI=1S/C79H80BN3O2/c1-47-40-61-63(79(14,15)39-38-77(61,10)11)45-65(47)82-67-42-52(81(50-28-24-48(25-29-50)74(2,3)4)51-30-26-49(27-31-51)75(5,6)7)33-35-64(67)80-71-58(44-59-55-21-17-19-23-69(55)85-73(59)72(71)82)56-43-57-54-20-16-18-22-68(54)84-70(57)46-66(56)83(80)53-32-34-60-62(41-53)78(12,13)37-36-76(60,8)9/h16-35,40-46H,36-39H2,1-15H3. The van der Waals surface area contributed by atoms with E-state index in [-0.39, 0.29) is 39.3 Å². The van der Waals surface area contributed by atoms with Crippen molar-refractivity contribution in [3.63, 3.8) is 0 Å². The minimum absolute atomic E-state index is 0.000524. The van der Waals surface area contributed by atoms with Crippen molar-refractivity contribution in [3.8, 4) is 11.1 Å². The van der Waals surface area contributed by atoms with Crippen LogP contribution in [-0.2, 0) is 32.5 Å². The molecule has 85 heavy (non-hydrogen) atoms. The summed E-state index contributed by atoms with van der Waals surface area (Å²) < 4.78 is 14.4. The Hall–Kier alpha value is -7.96. The quantitative estimate of drug-likeness (QED) is 0.161. The van der Waals surface area contributed by atoms with E-state index in [0.29, 0.717) is 0 Å². The Balaban J connectivity index is 1.09. The van der Waals surface area contributed by atoms with Gasteiger partial charge in [0.15, 0.2) is 5.58 Å². The van der Waals surface area contributed by atoms with Gasteiger partial charge in [0.05, 0.1) is 5.69 Å². The van der Waals surface area contributed by atoms with Crippen LogP contribution in [0.4, 0.5) is 45.5 Å². The van der Waals surface area contributed by atoms with Crippen molar-refractivity contribution in [2.45, 2.75) is 162 Å². The normalized spacial score (nSPS) is 17.2. The van der Waals surface area contributed by atoms with Crippen LogP contribution >= 0.6 is 0 Å². The maximum absolute atomic E-state index is 7.49. The van der Waals surface area contributed by atoms with Crippen LogP contribution in [0.15, 0.2) is 173 Å². The number of nitrogens with zero attached hydrogens (tertiary/aromatic N) is 3. The van der Waals surface area contributed by atoms with Gasteiger partial charge in [-0.1, -0.05) is 176 Å². The Morgan fingerprint density at radius 2 is 0.953 bits per heavy atom. The molecule has 0 spiro atoms. The van der Waals surface area contributed by atoms with Gasteiger partial charge in [0, 0.05) is 73.0 Å². The van der Waals surface area contributed by atoms with Crippen molar-refractivity contribution in [1.82, 2.24) is 0 Å². The Morgan fingerprint density at radius 3 is 1.55 bits per heavy atom. The molecule has 15 rings (SSSR count). The Labute approximate surface area is 503 Å². The highest BCUT2D eigenvalue weighted by Gasteiger charge is 2.49. The molecular formula is C79H80BN3O2. The largest absolute Gasteiger partial charge is 0.456 e. The number of furan rings is 2. The van der Waals surface area contributed by atoms with Crippen molar-refractivity contribution >= 4 is 107 Å². The van der Waals surface area contributed by atoms with E-state index in [2.05, 4.69) is 282 Å². The third kappa shape index (κ3) is 8.16. The minimum Gasteiger partial charge on any atom is -0.456 e. The summed E-state index contributed by atoms with van der Waals surface area (Å²) >= 11 is 0. The lowest BCUT2D eigenvalue weighted by molar-refractivity contribution is 0.332. The van der Waals surface area contributed by atoms with Crippen LogP contribution in [0.5, 0.6) is 0 Å². The lowest BCUT2D eigenvalue weighted by Crippen LogP contribution is -2.61. The number of hydrogen-bond donors (Lipinski definition) is 0. The summed E-state index contributed by atoms with van der Waals surface area (Å²) in [5, 5.41) is 4.46. The number of anilines is 8. The Morgan fingerprint density at radius 1 is 0.435 bits per heavy atom. The van der Waals surface area contributed by atoms with Crippen molar-refractivity contribution in [1.29, 1.82) is 0 Å². The fourth-order valence-electron chi connectivity index (χ4n) is 15.4. The van der Waals surface area contributed by atoms with E-state index in [1.807, 2.05) is 0 Å². The number of fused-ring (bicyclic) bond motifs is 13. The predicted octanol–water partition coefficient (Wildman–Crippen LogP) is 21.3. The van der Waals surface area contributed by atoms with Gasteiger partial charge < -0.3 is 23.4 Å². The molecule has 0 saturated heterocycles. The molecule has 0 atom stereocenters. The molecule has 4 heterocycles. The fourth-order valence-corrected chi connectivity index (χ4v) is 15.4. The van der Waals surface area contributed by atoms with Crippen LogP contribution in [0.3, 0.4) is 0 Å². The van der Waals surface area contributed by atoms with Gasteiger partial charge in [-0.05, 0) is 199 Å². The highest BCUT2D eigenvalue weighted by atomic mass is 16.3. The molecular weight excluding hydrogens is 1030 g/mol. The first-order valence-corrected chi connectivity index (χ1v) is 31.3. The smallest absolute Gasteiger partial charge is 0.333 e. The number of hydrogen-bond acceptors (Lipinski definition) is 5. The van der Waals surface area contributed by atoms with Gasteiger partial charge in [-0.2, -0.15) is 0 Å². The summed E-state index contributed by atoms with van der Waals surface area (Å²) in [5.74, 6) is 0. The van der Waals surface area contributed by atoms with Crippen LogP contribution in [-0.4, -0.2) is 6.85 Å². The lowest BCUT2D eigenvalue weighted by atomic mass is 9.43. The van der Waals surface area contributed by atoms with Crippen LogP contribution < -0.4 is 25.5 Å². The van der Waals surface area contributed by atoms with Crippen molar-refractivity contribution < 1.29 is 8.83 Å². The molecule has 11 aromatic rings. The monoisotopic (exact) mass is 1110 g/mol. The van der Waals surface area contributed by atoms with E-state index in [0.717, 1.165) is 104 Å². The van der Waals surface area contributed by atoms with Gasteiger partial charge >= 0.3 is 6.85 Å². The first-order chi connectivity index (χ1) is 40.3. The maximum Gasteiger partial charge on any atom is 0.333 e. The second kappa shape index (κ2) is 18.0. The molecule has 4 aliphatic rings. The van der Waals surface area contributed by atoms with Crippen LogP contribution in [0.2, 0.25) is 0 Å². The molecule has 6 heteroatoms. The summed E-state index contributed by atoms with van der Waals surface area (Å²) in [7, 11) is 0. The van der Waals surface area contributed by atoms with Crippen LogP contribution in [0.1, 0.15) is 162 Å². The van der Waals surface area contributed by atoms with Gasteiger partial charge in [-0.25, -0.2) is 0 Å². The minimum atomic E-state index is -0.283. The zero-order chi connectivity index (χ0) is 59.2. The molecule has 426 valence electrons. The lowest BCUT2D eigenvalue weighted by Gasteiger charge is -2.48. The predicted molar refractivity (Wildman–Crippen MR) is 362 cm³/mol. The van der Waals surface area contributed by atoms with Crippen molar-refractivity contribution in [2.24, 2.45) is 0 Å². The zero-order valence-electron chi connectivity index (χ0n) is 52.7. The average molecular weight is 1110 g/mol. The summed E-state index contributed by atoms with van der Waals surface area (Å²) in [6.07, 6.45) is 4.53. The molecule has 0 saturated carbocycles. The van der Waals surface area contributed by atoms with E-state index >= 15 is 0 Å². The third-order valence-corrected chi connectivity index (χ3v) is 20.8. The number of benzene rings is 9. The van der Waals surface area contributed by atoms with Crippen LogP contribution in [0, 0.1) is 6.92 Å². The number of para-hydroxylation sites is 2. The zero-order valence-corrected chi connectivity index (χ0v) is 52.7. The molecule has 0 amide bonds. The molecule has 0 fully saturated rings. The number of rotatable bonds is 5. The SMILES string of the molecule is Cc1cc2c(cc1N1c3cc(N(c4ccc(C(C)(C)C)cc4)c4ccc(C(C)(C)C)cc4)ccc3B3c4c(cc5c(oc6ccccc65)c41)-c1cc4c(cc1N3c1ccc3c(c1)C(C)(C)CCC3(C)C)oc1ccccc14)C(C)(C)CCC2(C)C. The van der Waals surface area contributed by atoms with Gasteiger partial charge in [-0.15, -0.1) is 0 Å². The van der Waals surface area contributed by atoms with E-state index in [4.69, 9.17) is 8.83 Å². The van der Waals surface area contributed by atoms with Gasteiger partial charge in [-0.3, -0.25) is 0 Å². The highest BCUT2D eigenvalue weighted by Crippen LogP contribution is 2.56. The summed E-state index contributed by atoms with van der Waals surface area (Å²) in [6, 6.07) is 63.1. The van der Waals surface area contributed by atoms with E-state index in [1.54, 1.807) is 0 Å². The van der Waals surface area contributed by atoms with Gasteiger partial charge in [0.1, 0.15) is 16.7 Å². The molecule has 0 N–H and O–H groups in total. The fraction of sp³-hybridized carbons (Fsp3) is 0.316. The molecule has 0 unspecified atom stereocenters. The highest BCUT2D eigenvalue weighted by molar-refractivity contribution is 6.94. The first-order valence-electron chi connectivity index (χ1n) is 31.3. The number of aryl methyl sites for hydroxylation is 1. The molecule has 9 aromatic carbocycles. The maximum atomic E-state index is 7.49. The topological polar surface area (TPSA) is 36.0 Å². The third-order valence-electron chi connectivity index (χ3n) is 20.8. The Bertz CT molecular complexity index is 4530. The van der Waals surface area contributed by atoms with E-state index in [9.17, 15) is 0 Å².